The Morgan fingerprint density at radius 1 is 1.30 bits per heavy atom. The number of benzene rings is 1. The summed E-state index contributed by atoms with van der Waals surface area (Å²) < 4.78 is 13.5. The number of carbonyl (C=O) groups excluding carboxylic acids is 2. The summed E-state index contributed by atoms with van der Waals surface area (Å²) in [5.74, 6) is -0.158. The van der Waals surface area contributed by atoms with Crippen LogP contribution >= 0.6 is 0 Å². The molecular formula is C22H26FN5O2. The van der Waals surface area contributed by atoms with Gasteiger partial charge in [0.15, 0.2) is 0 Å². The molecule has 2 amide bonds. The predicted molar refractivity (Wildman–Crippen MR) is 106 cm³/mol. The summed E-state index contributed by atoms with van der Waals surface area (Å²) in [5, 5.41) is 12.6. The van der Waals surface area contributed by atoms with Gasteiger partial charge in [0.2, 0.25) is 11.8 Å². The van der Waals surface area contributed by atoms with Gasteiger partial charge in [-0.2, -0.15) is 5.26 Å². The predicted octanol–water partition coefficient (Wildman–Crippen LogP) is 0.856. The number of rotatable bonds is 4. The standard InChI is InChI=1S/C22H26FN5O2/c23-15-4-1-3-14(7-15)12-28-18-9-20(22(28)30)27(13-18)17-8-19(25-11-17)21(29)26-6-2-5-16(26)10-24/h1,3-4,7,16-20,25H,2,5-6,8-9,11-13H2/t16-,17-,18+,19-,20+/m0/s1. The maximum Gasteiger partial charge on any atom is 0.240 e. The average molecular weight is 411 g/mol. The van der Waals surface area contributed by atoms with Crippen molar-refractivity contribution in [3.8, 4) is 6.07 Å². The van der Waals surface area contributed by atoms with Gasteiger partial charge >= 0.3 is 0 Å². The summed E-state index contributed by atoms with van der Waals surface area (Å²) >= 11 is 0. The molecule has 4 heterocycles. The molecule has 5 atom stereocenters. The number of nitrogens with one attached hydrogen (secondary N) is 1. The molecule has 4 aliphatic rings. The monoisotopic (exact) mass is 411 g/mol. The molecule has 0 saturated carbocycles. The number of nitrogens with zero attached hydrogens (tertiary/aromatic N) is 4. The van der Waals surface area contributed by atoms with Crippen LogP contribution in [-0.2, 0) is 16.1 Å². The lowest BCUT2D eigenvalue weighted by molar-refractivity contribution is -0.138. The van der Waals surface area contributed by atoms with E-state index in [1.54, 1.807) is 11.0 Å². The Balaban J connectivity index is 1.21. The summed E-state index contributed by atoms with van der Waals surface area (Å²) in [4.78, 5) is 31.7. The topological polar surface area (TPSA) is 79.7 Å². The Kier molecular flexibility index (Phi) is 4.95. The van der Waals surface area contributed by atoms with E-state index in [4.69, 9.17) is 0 Å². The molecule has 0 aromatic heterocycles. The van der Waals surface area contributed by atoms with Gasteiger partial charge in [0.25, 0.3) is 0 Å². The third-order valence-electron chi connectivity index (χ3n) is 7.13. The molecule has 8 heteroatoms. The van der Waals surface area contributed by atoms with Crippen molar-refractivity contribution in [2.24, 2.45) is 0 Å². The van der Waals surface area contributed by atoms with E-state index in [-0.39, 0.29) is 47.8 Å². The van der Waals surface area contributed by atoms with E-state index in [0.717, 1.165) is 31.4 Å². The molecule has 4 fully saturated rings. The number of likely N-dealkylation sites (tertiary alicyclic amines) is 3. The molecule has 4 aliphatic heterocycles. The van der Waals surface area contributed by atoms with Crippen molar-refractivity contribution in [2.45, 2.75) is 62.4 Å². The molecule has 2 bridgehead atoms. The summed E-state index contributed by atoms with van der Waals surface area (Å²) in [6.07, 6.45) is 3.11. The highest BCUT2D eigenvalue weighted by Crippen LogP contribution is 2.36. The van der Waals surface area contributed by atoms with Crippen LogP contribution < -0.4 is 5.32 Å². The maximum atomic E-state index is 13.5. The van der Waals surface area contributed by atoms with Crippen LogP contribution in [0.1, 0.15) is 31.2 Å². The van der Waals surface area contributed by atoms with Gasteiger partial charge < -0.3 is 15.1 Å². The van der Waals surface area contributed by atoms with Crippen LogP contribution in [0.3, 0.4) is 0 Å². The third kappa shape index (κ3) is 3.26. The van der Waals surface area contributed by atoms with Crippen molar-refractivity contribution in [3.63, 3.8) is 0 Å². The van der Waals surface area contributed by atoms with Gasteiger partial charge in [-0.25, -0.2) is 4.39 Å². The van der Waals surface area contributed by atoms with Crippen LogP contribution in [0.15, 0.2) is 24.3 Å². The van der Waals surface area contributed by atoms with E-state index in [2.05, 4.69) is 16.3 Å². The van der Waals surface area contributed by atoms with E-state index < -0.39 is 0 Å². The Labute approximate surface area is 175 Å². The highest BCUT2D eigenvalue weighted by atomic mass is 19.1. The van der Waals surface area contributed by atoms with Gasteiger partial charge in [0, 0.05) is 38.3 Å². The quantitative estimate of drug-likeness (QED) is 0.795. The van der Waals surface area contributed by atoms with E-state index in [0.29, 0.717) is 26.1 Å². The summed E-state index contributed by atoms with van der Waals surface area (Å²) in [7, 11) is 0. The second-order valence-corrected chi connectivity index (χ2v) is 8.87. The minimum absolute atomic E-state index is 0.0185. The fourth-order valence-electron chi connectivity index (χ4n) is 5.64. The minimum Gasteiger partial charge on any atom is -0.333 e. The molecule has 0 radical (unpaired) electrons. The third-order valence-corrected chi connectivity index (χ3v) is 7.13. The van der Waals surface area contributed by atoms with Crippen LogP contribution in [0, 0.1) is 17.1 Å². The van der Waals surface area contributed by atoms with Crippen LogP contribution in [-0.4, -0.2) is 76.4 Å². The Morgan fingerprint density at radius 2 is 2.17 bits per heavy atom. The van der Waals surface area contributed by atoms with Gasteiger partial charge in [0.05, 0.1) is 18.2 Å². The Hall–Kier alpha value is -2.50. The van der Waals surface area contributed by atoms with E-state index in [9.17, 15) is 19.2 Å². The average Bonchev–Trinajstić information content (AvgIpc) is 3.52. The fourth-order valence-corrected chi connectivity index (χ4v) is 5.64. The van der Waals surface area contributed by atoms with Crippen LogP contribution in [0.4, 0.5) is 4.39 Å². The van der Waals surface area contributed by atoms with Crippen molar-refractivity contribution >= 4 is 11.8 Å². The zero-order valence-corrected chi connectivity index (χ0v) is 16.8. The molecule has 1 aromatic rings. The van der Waals surface area contributed by atoms with Crippen LogP contribution in [0.2, 0.25) is 0 Å². The molecular weight excluding hydrogens is 385 g/mol. The Bertz CT molecular complexity index is 902. The smallest absolute Gasteiger partial charge is 0.240 e. The minimum atomic E-state index is -0.306. The van der Waals surface area contributed by atoms with Crippen LogP contribution in [0.25, 0.3) is 0 Å². The SMILES string of the molecule is N#C[C@@H]1CCCN1C(=O)[C@@H]1C[C@H](N2C[C@H]3C[C@@H]2C(=O)N3Cc2cccc(F)c2)CN1. The number of carbonyl (C=O) groups is 2. The number of nitriles is 1. The zero-order chi connectivity index (χ0) is 20.8. The number of halogens is 1. The highest BCUT2D eigenvalue weighted by Gasteiger charge is 2.52. The summed E-state index contributed by atoms with van der Waals surface area (Å²) in [6, 6.07) is 8.22. The largest absolute Gasteiger partial charge is 0.333 e. The number of amides is 2. The van der Waals surface area contributed by atoms with E-state index in [1.165, 1.54) is 12.1 Å². The lowest BCUT2D eigenvalue weighted by Gasteiger charge is -2.37. The number of fused-ring (bicyclic) bond motifs is 2. The van der Waals surface area contributed by atoms with Crippen LogP contribution in [0.5, 0.6) is 0 Å². The molecule has 7 nitrogen and oxygen atoms in total. The number of piperazine rings is 1. The molecule has 0 unspecified atom stereocenters. The summed E-state index contributed by atoms with van der Waals surface area (Å²) in [5.41, 5.74) is 0.813. The van der Waals surface area contributed by atoms with Crippen molar-refractivity contribution in [1.82, 2.24) is 20.0 Å². The molecule has 1 N–H and O–H groups in total. The van der Waals surface area contributed by atoms with Crippen molar-refractivity contribution in [3.05, 3.63) is 35.6 Å². The van der Waals surface area contributed by atoms with Gasteiger partial charge in [-0.15, -0.1) is 0 Å². The van der Waals surface area contributed by atoms with Gasteiger partial charge in [-0.1, -0.05) is 12.1 Å². The maximum absolute atomic E-state index is 13.5. The molecule has 0 aliphatic carbocycles. The Morgan fingerprint density at radius 3 is 2.93 bits per heavy atom. The zero-order valence-electron chi connectivity index (χ0n) is 16.8. The van der Waals surface area contributed by atoms with E-state index >= 15 is 0 Å². The molecule has 30 heavy (non-hydrogen) atoms. The van der Waals surface area contributed by atoms with Crippen molar-refractivity contribution < 1.29 is 14.0 Å². The lowest BCUT2D eigenvalue weighted by atomic mass is 10.1. The lowest BCUT2D eigenvalue weighted by Crippen LogP contribution is -2.53. The first-order valence-corrected chi connectivity index (χ1v) is 10.8. The molecule has 0 spiro atoms. The van der Waals surface area contributed by atoms with E-state index in [1.807, 2.05) is 11.0 Å². The van der Waals surface area contributed by atoms with Crippen molar-refractivity contribution in [2.75, 3.05) is 19.6 Å². The normalized spacial score (nSPS) is 33.5. The van der Waals surface area contributed by atoms with Gasteiger partial charge in [-0.3, -0.25) is 14.5 Å². The van der Waals surface area contributed by atoms with Gasteiger partial charge in [0.1, 0.15) is 11.9 Å². The number of hydrogen-bond donors (Lipinski definition) is 1. The first-order chi connectivity index (χ1) is 14.5. The molecule has 1 aromatic carbocycles. The second-order valence-electron chi connectivity index (χ2n) is 8.87. The summed E-state index contributed by atoms with van der Waals surface area (Å²) in [6.45, 7) is 2.58. The fraction of sp³-hybridized carbons (Fsp3) is 0.591. The highest BCUT2D eigenvalue weighted by molar-refractivity contribution is 5.86. The first-order valence-electron chi connectivity index (χ1n) is 10.8. The molecule has 5 rings (SSSR count). The van der Waals surface area contributed by atoms with Crippen molar-refractivity contribution in [1.29, 1.82) is 5.26 Å². The number of hydrogen-bond acceptors (Lipinski definition) is 5. The van der Waals surface area contributed by atoms with Gasteiger partial charge in [-0.05, 0) is 43.4 Å². The second kappa shape index (κ2) is 7.64. The molecule has 4 saturated heterocycles. The first kappa shape index (κ1) is 19.5. The molecule has 158 valence electrons.